The van der Waals surface area contributed by atoms with E-state index in [1.54, 1.807) is 0 Å². The third kappa shape index (κ3) is 4.85. The first-order chi connectivity index (χ1) is 30.3. The van der Waals surface area contributed by atoms with Crippen molar-refractivity contribution in [3.8, 4) is 33.6 Å². The summed E-state index contributed by atoms with van der Waals surface area (Å²) in [5.74, 6) is 0. The van der Waals surface area contributed by atoms with Gasteiger partial charge in [0.1, 0.15) is 0 Å². The van der Waals surface area contributed by atoms with Crippen molar-refractivity contribution >= 4 is 54.4 Å². The number of fused-ring (bicyclic) bond motifs is 10. The Hall–Kier alpha value is -7.94. The lowest BCUT2D eigenvalue weighted by Gasteiger charge is -2.34. The second kappa shape index (κ2) is 13.0. The van der Waals surface area contributed by atoms with Crippen LogP contribution in [0.1, 0.15) is 22.3 Å². The predicted molar refractivity (Wildman–Crippen MR) is 255 cm³/mol. The molecule has 0 radical (unpaired) electrons. The van der Waals surface area contributed by atoms with Gasteiger partial charge < -0.3 is 9.13 Å². The fourth-order valence-electron chi connectivity index (χ4n) is 10.7. The zero-order valence-corrected chi connectivity index (χ0v) is 33.3. The minimum Gasteiger partial charge on any atom is -0.309 e. The molecule has 2 aromatic heterocycles. The average Bonchev–Trinajstić information content (AvgIpc) is 3.94. The standard InChI is InChI=1S/C59H38N2/c1-4-18-43(19-5-1)59(44-20-6-2-7-21-44)53-26-14-12-24-47(53)49-35-50-52-37-56-51(48-25-13-15-27-55(48)60(56)45-22-8-3-9-23-45)36-57(52)61(58(50)38-54(49)59)46-32-30-40(31-33-46)42-29-28-39-16-10-11-17-41(39)34-42/h1-38H. The molecule has 2 nitrogen and oxygen atoms in total. The zero-order valence-electron chi connectivity index (χ0n) is 33.3. The van der Waals surface area contributed by atoms with Gasteiger partial charge in [0.15, 0.2) is 0 Å². The van der Waals surface area contributed by atoms with E-state index in [-0.39, 0.29) is 0 Å². The molecule has 2 heteroatoms. The van der Waals surface area contributed by atoms with Crippen LogP contribution in [0.3, 0.4) is 0 Å². The summed E-state index contributed by atoms with van der Waals surface area (Å²) >= 11 is 0. The van der Waals surface area contributed by atoms with E-state index in [0.29, 0.717) is 0 Å². The molecule has 0 spiro atoms. The van der Waals surface area contributed by atoms with E-state index in [1.165, 1.54) is 98.9 Å². The van der Waals surface area contributed by atoms with Crippen LogP contribution in [-0.2, 0) is 5.41 Å². The van der Waals surface area contributed by atoms with Gasteiger partial charge in [-0.3, -0.25) is 0 Å². The highest BCUT2D eigenvalue weighted by molar-refractivity contribution is 6.20. The van der Waals surface area contributed by atoms with Crippen LogP contribution in [0.5, 0.6) is 0 Å². The molecular weight excluding hydrogens is 737 g/mol. The number of hydrogen-bond donors (Lipinski definition) is 0. The summed E-state index contributed by atoms with van der Waals surface area (Å²) in [7, 11) is 0. The van der Waals surface area contributed by atoms with Crippen molar-refractivity contribution < 1.29 is 0 Å². The van der Waals surface area contributed by atoms with E-state index in [0.717, 1.165) is 11.4 Å². The maximum Gasteiger partial charge on any atom is 0.0714 e. The number of nitrogens with zero attached hydrogens (tertiary/aromatic N) is 2. The topological polar surface area (TPSA) is 9.86 Å². The van der Waals surface area contributed by atoms with Crippen LogP contribution in [0, 0.1) is 0 Å². The molecule has 0 unspecified atom stereocenters. The summed E-state index contributed by atoms with van der Waals surface area (Å²) in [6, 6.07) is 85.4. The van der Waals surface area contributed by atoms with Crippen molar-refractivity contribution in [2.24, 2.45) is 0 Å². The van der Waals surface area contributed by atoms with Crippen molar-refractivity contribution in [2.45, 2.75) is 5.41 Å². The molecule has 284 valence electrons. The van der Waals surface area contributed by atoms with Gasteiger partial charge in [-0.15, -0.1) is 0 Å². The first-order valence-corrected chi connectivity index (χ1v) is 21.2. The molecular formula is C59H38N2. The van der Waals surface area contributed by atoms with Crippen LogP contribution < -0.4 is 0 Å². The Morgan fingerprint density at radius 3 is 1.54 bits per heavy atom. The van der Waals surface area contributed by atoms with Gasteiger partial charge in [-0.1, -0.05) is 170 Å². The Labute approximate surface area is 353 Å². The predicted octanol–water partition coefficient (Wildman–Crippen LogP) is 15.1. The van der Waals surface area contributed by atoms with Crippen molar-refractivity contribution in [1.29, 1.82) is 0 Å². The maximum absolute atomic E-state index is 2.52. The number of hydrogen-bond acceptors (Lipinski definition) is 0. The molecule has 61 heavy (non-hydrogen) atoms. The molecule has 0 fully saturated rings. The summed E-state index contributed by atoms with van der Waals surface area (Å²) in [6.07, 6.45) is 0. The van der Waals surface area contributed by atoms with E-state index < -0.39 is 5.41 Å². The van der Waals surface area contributed by atoms with Gasteiger partial charge in [0, 0.05) is 32.9 Å². The second-order valence-corrected chi connectivity index (χ2v) is 16.5. The number of benzene rings is 10. The Morgan fingerprint density at radius 1 is 0.279 bits per heavy atom. The van der Waals surface area contributed by atoms with Crippen molar-refractivity contribution in [3.63, 3.8) is 0 Å². The minimum atomic E-state index is -0.505. The van der Waals surface area contributed by atoms with Crippen molar-refractivity contribution in [2.75, 3.05) is 0 Å². The molecule has 12 aromatic rings. The molecule has 0 saturated carbocycles. The smallest absolute Gasteiger partial charge is 0.0714 e. The Balaban J connectivity index is 1.14. The van der Waals surface area contributed by atoms with E-state index in [1.807, 2.05) is 0 Å². The van der Waals surface area contributed by atoms with Crippen LogP contribution in [0.25, 0.3) is 88.0 Å². The number of aromatic nitrogens is 2. The van der Waals surface area contributed by atoms with Crippen LogP contribution in [0.15, 0.2) is 231 Å². The van der Waals surface area contributed by atoms with Gasteiger partial charge in [0.2, 0.25) is 0 Å². The van der Waals surface area contributed by atoms with Gasteiger partial charge in [-0.05, 0) is 116 Å². The highest BCUT2D eigenvalue weighted by Gasteiger charge is 2.46. The first kappa shape index (κ1) is 34.0. The van der Waals surface area contributed by atoms with Crippen molar-refractivity contribution in [1.82, 2.24) is 9.13 Å². The normalized spacial score (nSPS) is 13.0. The van der Waals surface area contributed by atoms with E-state index >= 15 is 0 Å². The van der Waals surface area contributed by atoms with Crippen LogP contribution in [-0.4, -0.2) is 9.13 Å². The van der Waals surface area contributed by atoms with Gasteiger partial charge >= 0.3 is 0 Å². The molecule has 0 aliphatic heterocycles. The Kier molecular flexibility index (Phi) is 7.26. The second-order valence-electron chi connectivity index (χ2n) is 16.5. The van der Waals surface area contributed by atoms with Gasteiger partial charge in [0.25, 0.3) is 0 Å². The molecule has 0 amide bonds. The summed E-state index contributed by atoms with van der Waals surface area (Å²) in [5.41, 5.74) is 16.7. The highest BCUT2D eigenvalue weighted by atomic mass is 15.0. The zero-order chi connectivity index (χ0) is 40.1. The molecule has 2 heterocycles. The summed E-state index contributed by atoms with van der Waals surface area (Å²) in [5, 5.41) is 7.47. The fourth-order valence-corrected chi connectivity index (χ4v) is 10.7. The molecule has 0 N–H and O–H groups in total. The molecule has 0 saturated heterocycles. The number of para-hydroxylation sites is 2. The van der Waals surface area contributed by atoms with E-state index in [9.17, 15) is 0 Å². The lowest BCUT2D eigenvalue weighted by molar-refractivity contribution is 0.769. The Bertz CT molecular complexity index is 3630. The van der Waals surface area contributed by atoms with Gasteiger partial charge in [0.05, 0.1) is 27.5 Å². The lowest BCUT2D eigenvalue weighted by atomic mass is 9.67. The summed E-state index contributed by atoms with van der Waals surface area (Å²) < 4.78 is 4.96. The first-order valence-electron chi connectivity index (χ1n) is 21.2. The molecule has 1 aliphatic carbocycles. The minimum absolute atomic E-state index is 0.505. The summed E-state index contributed by atoms with van der Waals surface area (Å²) in [6.45, 7) is 0. The number of rotatable bonds is 5. The SMILES string of the molecule is c1ccc(-n2c3ccccc3c3cc4c(cc32)c2cc3c(cc2n4-c2ccc(-c4ccc5ccccc5c4)cc2)C(c2ccccc2)(c2ccccc2)c2ccccc2-3)cc1. The van der Waals surface area contributed by atoms with Crippen molar-refractivity contribution in [3.05, 3.63) is 253 Å². The summed E-state index contributed by atoms with van der Waals surface area (Å²) in [4.78, 5) is 0. The molecule has 1 aliphatic rings. The average molecular weight is 775 g/mol. The largest absolute Gasteiger partial charge is 0.309 e. The lowest BCUT2D eigenvalue weighted by Crippen LogP contribution is -2.28. The quantitative estimate of drug-likeness (QED) is 0.165. The van der Waals surface area contributed by atoms with E-state index in [2.05, 4.69) is 240 Å². The maximum atomic E-state index is 2.52. The van der Waals surface area contributed by atoms with Crippen LogP contribution in [0.2, 0.25) is 0 Å². The molecule has 10 aromatic carbocycles. The monoisotopic (exact) mass is 774 g/mol. The molecule has 13 rings (SSSR count). The third-order valence-electron chi connectivity index (χ3n) is 13.4. The van der Waals surface area contributed by atoms with Crippen LogP contribution in [0.4, 0.5) is 0 Å². The molecule has 0 atom stereocenters. The fraction of sp³-hybridized carbons (Fsp3) is 0.0169. The Morgan fingerprint density at radius 2 is 0.803 bits per heavy atom. The van der Waals surface area contributed by atoms with E-state index in [4.69, 9.17) is 0 Å². The third-order valence-corrected chi connectivity index (χ3v) is 13.4. The van der Waals surface area contributed by atoms with Gasteiger partial charge in [-0.25, -0.2) is 0 Å². The molecule has 0 bridgehead atoms. The highest BCUT2D eigenvalue weighted by Crippen LogP contribution is 2.57. The van der Waals surface area contributed by atoms with Crippen LogP contribution >= 0.6 is 0 Å². The van der Waals surface area contributed by atoms with Gasteiger partial charge in [-0.2, -0.15) is 0 Å².